The fourth-order valence-electron chi connectivity index (χ4n) is 3.18. The van der Waals surface area contributed by atoms with E-state index in [0.717, 1.165) is 12.0 Å². The first-order chi connectivity index (χ1) is 9.92. The summed E-state index contributed by atoms with van der Waals surface area (Å²) in [6.45, 7) is 3.57. The van der Waals surface area contributed by atoms with Crippen LogP contribution >= 0.6 is 11.8 Å². The van der Waals surface area contributed by atoms with E-state index < -0.39 is 0 Å². The Morgan fingerprint density at radius 2 is 1.80 bits per heavy atom. The van der Waals surface area contributed by atoms with Gasteiger partial charge < -0.3 is 10.2 Å². The summed E-state index contributed by atoms with van der Waals surface area (Å²) < 4.78 is 0. The molecule has 0 aromatic carbocycles. The Kier molecular flexibility index (Phi) is 5.20. The van der Waals surface area contributed by atoms with E-state index in [4.69, 9.17) is 0 Å². The molecule has 1 aromatic rings. The van der Waals surface area contributed by atoms with E-state index in [9.17, 15) is 0 Å². The van der Waals surface area contributed by atoms with E-state index in [1.165, 1.54) is 62.5 Å². The molecule has 2 aliphatic rings. The highest BCUT2D eigenvalue weighted by molar-refractivity contribution is 7.99. The lowest BCUT2D eigenvalue weighted by molar-refractivity contribution is 0.364. The first-order valence-corrected chi connectivity index (χ1v) is 9.03. The number of hydrogen-bond acceptors (Lipinski definition) is 4. The summed E-state index contributed by atoms with van der Waals surface area (Å²) in [6, 6.07) is 4.96. The number of pyridine rings is 1. The number of hydrogen-bond donors (Lipinski definition) is 1. The van der Waals surface area contributed by atoms with Crippen LogP contribution in [0.4, 0.5) is 5.69 Å². The Balaban J connectivity index is 1.40. The van der Waals surface area contributed by atoms with Crippen LogP contribution in [-0.4, -0.2) is 42.2 Å². The lowest BCUT2D eigenvalue weighted by Gasteiger charge is -2.35. The summed E-state index contributed by atoms with van der Waals surface area (Å²) in [6.07, 6.45) is 9.14. The average Bonchev–Trinajstić information content (AvgIpc) is 2.55. The number of aromatic nitrogens is 1. The van der Waals surface area contributed by atoms with E-state index in [1.807, 2.05) is 12.4 Å². The molecule has 0 radical (unpaired) electrons. The van der Waals surface area contributed by atoms with Crippen LogP contribution in [-0.2, 0) is 0 Å². The molecule has 4 heteroatoms. The summed E-state index contributed by atoms with van der Waals surface area (Å²) in [4.78, 5) is 6.58. The maximum absolute atomic E-state index is 4.10. The van der Waals surface area contributed by atoms with Gasteiger partial charge in [0.2, 0.25) is 0 Å². The molecule has 20 heavy (non-hydrogen) atoms. The quantitative estimate of drug-likeness (QED) is 0.923. The Labute approximate surface area is 126 Å². The van der Waals surface area contributed by atoms with Gasteiger partial charge in [0.1, 0.15) is 0 Å². The van der Waals surface area contributed by atoms with Crippen LogP contribution in [0.2, 0.25) is 0 Å². The summed E-state index contributed by atoms with van der Waals surface area (Å²) >= 11 is 2.12. The minimum Gasteiger partial charge on any atom is -0.371 e. The Morgan fingerprint density at radius 1 is 1.10 bits per heavy atom. The second-order valence-corrected chi connectivity index (χ2v) is 7.16. The van der Waals surface area contributed by atoms with Crippen LogP contribution in [0.1, 0.15) is 25.7 Å². The van der Waals surface area contributed by atoms with Gasteiger partial charge in [-0.3, -0.25) is 4.98 Å². The zero-order chi connectivity index (χ0) is 13.6. The molecule has 3 heterocycles. The highest BCUT2D eigenvalue weighted by atomic mass is 32.2. The van der Waals surface area contributed by atoms with Gasteiger partial charge in [0, 0.05) is 37.2 Å². The largest absolute Gasteiger partial charge is 0.371 e. The molecule has 0 saturated carbocycles. The molecule has 0 atom stereocenters. The van der Waals surface area contributed by atoms with E-state index in [0.29, 0.717) is 0 Å². The summed E-state index contributed by atoms with van der Waals surface area (Å²) in [5.74, 6) is 3.66. The number of thioether (sulfide) groups is 1. The standard InChI is InChI=1S/C16H25N3S/c1-7-17-8-2-16(1)19-9-3-15(4-10-19)18-13-14-5-11-20-12-6-14/h1-2,7-8,14-15,18H,3-6,9-13H2. The first-order valence-electron chi connectivity index (χ1n) is 7.88. The van der Waals surface area contributed by atoms with Crippen molar-refractivity contribution < 1.29 is 0 Å². The van der Waals surface area contributed by atoms with Gasteiger partial charge in [-0.2, -0.15) is 11.8 Å². The van der Waals surface area contributed by atoms with Gasteiger partial charge in [-0.15, -0.1) is 0 Å². The van der Waals surface area contributed by atoms with Gasteiger partial charge >= 0.3 is 0 Å². The van der Waals surface area contributed by atoms with Gasteiger partial charge in [-0.05, 0) is 61.8 Å². The SMILES string of the molecule is c1cc(N2CCC(NCC3CCSCC3)CC2)ccn1. The normalized spacial score (nSPS) is 22.1. The van der Waals surface area contributed by atoms with Crippen molar-refractivity contribution in [2.24, 2.45) is 5.92 Å². The van der Waals surface area contributed by atoms with Gasteiger partial charge in [-0.1, -0.05) is 0 Å². The zero-order valence-corrected chi connectivity index (χ0v) is 12.9. The van der Waals surface area contributed by atoms with Crippen molar-refractivity contribution >= 4 is 17.4 Å². The monoisotopic (exact) mass is 291 g/mol. The lowest BCUT2D eigenvalue weighted by atomic mass is 10.00. The number of piperidine rings is 1. The maximum atomic E-state index is 4.10. The van der Waals surface area contributed by atoms with E-state index >= 15 is 0 Å². The fraction of sp³-hybridized carbons (Fsp3) is 0.688. The molecule has 0 spiro atoms. The average molecular weight is 291 g/mol. The minimum atomic E-state index is 0.725. The van der Waals surface area contributed by atoms with Crippen molar-refractivity contribution in [3.05, 3.63) is 24.5 Å². The molecule has 2 fully saturated rings. The lowest BCUT2D eigenvalue weighted by Crippen LogP contribution is -2.44. The molecule has 0 aliphatic carbocycles. The van der Waals surface area contributed by atoms with Crippen LogP contribution in [0.5, 0.6) is 0 Å². The predicted molar refractivity (Wildman–Crippen MR) is 87.5 cm³/mol. The van der Waals surface area contributed by atoms with Gasteiger partial charge in [-0.25, -0.2) is 0 Å². The number of anilines is 1. The Hall–Kier alpha value is -0.740. The zero-order valence-electron chi connectivity index (χ0n) is 12.1. The van der Waals surface area contributed by atoms with E-state index in [2.05, 4.69) is 39.1 Å². The van der Waals surface area contributed by atoms with Crippen molar-refractivity contribution in [3.8, 4) is 0 Å². The van der Waals surface area contributed by atoms with E-state index in [1.54, 1.807) is 0 Å². The number of rotatable bonds is 4. The molecule has 3 nitrogen and oxygen atoms in total. The highest BCUT2D eigenvalue weighted by Crippen LogP contribution is 2.23. The third kappa shape index (κ3) is 3.89. The van der Waals surface area contributed by atoms with Crippen LogP contribution in [0, 0.1) is 5.92 Å². The molecule has 1 aromatic heterocycles. The van der Waals surface area contributed by atoms with E-state index in [-0.39, 0.29) is 0 Å². The van der Waals surface area contributed by atoms with Gasteiger partial charge in [0.15, 0.2) is 0 Å². The molecule has 0 bridgehead atoms. The topological polar surface area (TPSA) is 28.2 Å². The van der Waals surface area contributed by atoms with Crippen molar-refractivity contribution in [1.82, 2.24) is 10.3 Å². The maximum Gasteiger partial charge on any atom is 0.0397 e. The fourth-order valence-corrected chi connectivity index (χ4v) is 4.38. The van der Waals surface area contributed by atoms with Crippen LogP contribution in [0.25, 0.3) is 0 Å². The van der Waals surface area contributed by atoms with Crippen molar-refractivity contribution in [2.45, 2.75) is 31.7 Å². The van der Waals surface area contributed by atoms with Gasteiger partial charge in [0.05, 0.1) is 0 Å². The molecule has 3 rings (SSSR count). The molecular weight excluding hydrogens is 266 g/mol. The summed E-state index contributed by atoms with van der Waals surface area (Å²) in [5.41, 5.74) is 1.32. The predicted octanol–water partition coefficient (Wildman–Crippen LogP) is 2.78. The first kappa shape index (κ1) is 14.2. The molecule has 2 aliphatic heterocycles. The highest BCUT2D eigenvalue weighted by Gasteiger charge is 2.20. The smallest absolute Gasteiger partial charge is 0.0397 e. The summed E-state index contributed by atoms with van der Waals surface area (Å²) in [7, 11) is 0. The van der Waals surface area contributed by atoms with Crippen molar-refractivity contribution in [3.63, 3.8) is 0 Å². The molecule has 110 valence electrons. The number of nitrogens with one attached hydrogen (secondary N) is 1. The summed E-state index contributed by atoms with van der Waals surface area (Å²) in [5, 5.41) is 3.82. The third-order valence-corrected chi connectivity index (χ3v) is 5.61. The van der Waals surface area contributed by atoms with Crippen LogP contribution < -0.4 is 10.2 Å². The Morgan fingerprint density at radius 3 is 2.50 bits per heavy atom. The second kappa shape index (κ2) is 7.32. The van der Waals surface area contributed by atoms with Crippen LogP contribution in [0.15, 0.2) is 24.5 Å². The molecule has 0 unspecified atom stereocenters. The molecule has 1 N–H and O–H groups in total. The molecule has 0 amide bonds. The molecular formula is C16H25N3S. The molecule has 2 saturated heterocycles. The second-order valence-electron chi connectivity index (χ2n) is 5.93. The third-order valence-electron chi connectivity index (χ3n) is 4.56. The van der Waals surface area contributed by atoms with Crippen LogP contribution in [0.3, 0.4) is 0 Å². The minimum absolute atomic E-state index is 0.725. The Bertz CT molecular complexity index is 384. The number of nitrogens with zero attached hydrogens (tertiary/aromatic N) is 2. The van der Waals surface area contributed by atoms with Crippen molar-refractivity contribution in [2.75, 3.05) is 36.0 Å². The van der Waals surface area contributed by atoms with Gasteiger partial charge in [0.25, 0.3) is 0 Å². The van der Waals surface area contributed by atoms with Crippen molar-refractivity contribution in [1.29, 1.82) is 0 Å².